The van der Waals surface area contributed by atoms with Gasteiger partial charge in [-0.1, -0.05) is 0 Å². The molecule has 0 heterocycles. The van der Waals surface area contributed by atoms with E-state index in [0.717, 1.165) is 11.6 Å². The smallest absolute Gasteiger partial charge is 0.274 e. The monoisotopic (exact) mass is 574 g/mol. The van der Waals surface area contributed by atoms with Crippen molar-refractivity contribution >= 4 is 49.7 Å². The topological polar surface area (TPSA) is 118 Å². The molecule has 3 aromatic carbocycles. The Morgan fingerprint density at radius 2 is 1.85 bits per heavy atom. The van der Waals surface area contributed by atoms with Crippen LogP contribution in [0.1, 0.15) is 27.0 Å². The van der Waals surface area contributed by atoms with Gasteiger partial charge in [-0.15, -0.1) is 0 Å². The molecule has 166 valence electrons. The van der Waals surface area contributed by atoms with E-state index in [9.17, 15) is 19.3 Å². The van der Waals surface area contributed by atoms with Crippen LogP contribution in [0.3, 0.4) is 0 Å². The van der Waals surface area contributed by atoms with Gasteiger partial charge >= 0.3 is 0 Å². The third-order valence-corrected chi connectivity index (χ3v) is 5.45. The normalized spacial score (nSPS) is 10.6. The summed E-state index contributed by atoms with van der Waals surface area (Å²) in [5.74, 6) is -1.06. The number of carbonyl (C=O) groups excluding carboxylic acids is 1. The average molecular weight is 576 g/mol. The van der Waals surface area contributed by atoms with Crippen molar-refractivity contribution in [2.45, 2.75) is 6.61 Å². The van der Waals surface area contributed by atoms with Gasteiger partial charge in [0, 0.05) is 12.1 Å². The van der Waals surface area contributed by atoms with E-state index in [1.807, 2.05) is 0 Å². The first-order valence-electron chi connectivity index (χ1n) is 9.16. The summed E-state index contributed by atoms with van der Waals surface area (Å²) in [6.45, 7) is 0.189. The first-order valence-corrected chi connectivity index (χ1v) is 10.8. The summed E-state index contributed by atoms with van der Waals surface area (Å²) in [5, 5.41) is 23.3. The molecular weight excluding hydrogens is 563 g/mol. The van der Waals surface area contributed by atoms with Crippen LogP contribution < -0.4 is 10.2 Å². The molecule has 0 aromatic heterocycles. The molecule has 11 heteroatoms. The number of benzene rings is 3. The van der Waals surface area contributed by atoms with Crippen molar-refractivity contribution in [3.8, 4) is 11.8 Å². The van der Waals surface area contributed by atoms with Crippen LogP contribution in [0.2, 0.25) is 0 Å². The van der Waals surface area contributed by atoms with Crippen LogP contribution >= 0.6 is 31.9 Å². The summed E-state index contributed by atoms with van der Waals surface area (Å²) >= 11 is 6.83. The molecule has 0 unspecified atom stereocenters. The van der Waals surface area contributed by atoms with E-state index in [0.29, 0.717) is 20.3 Å². The summed E-state index contributed by atoms with van der Waals surface area (Å²) in [4.78, 5) is 22.4. The van der Waals surface area contributed by atoms with Gasteiger partial charge in [0.2, 0.25) is 0 Å². The number of carbonyl (C=O) groups is 1. The zero-order chi connectivity index (χ0) is 24.0. The number of nitrogens with zero attached hydrogens (tertiary/aromatic N) is 3. The lowest BCUT2D eigenvalue weighted by Crippen LogP contribution is -2.19. The fraction of sp³-hybridized carbons (Fsp3) is 0.0455. The van der Waals surface area contributed by atoms with Crippen molar-refractivity contribution < 1.29 is 18.8 Å². The van der Waals surface area contributed by atoms with Gasteiger partial charge in [0.1, 0.15) is 18.2 Å². The second kappa shape index (κ2) is 10.8. The van der Waals surface area contributed by atoms with Crippen LogP contribution in [-0.4, -0.2) is 17.0 Å². The highest BCUT2D eigenvalue weighted by Gasteiger charge is 2.12. The van der Waals surface area contributed by atoms with Crippen LogP contribution in [0.15, 0.2) is 68.6 Å². The van der Waals surface area contributed by atoms with Crippen molar-refractivity contribution in [3.63, 3.8) is 0 Å². The van der Waals surface area contributed by atoms with E-state index >= 15 is 0 Å². The largest absolute Gasteiger partial charge is 0.487 e. The van der Waals surface area contributed by atoms with Crippen molar-refractivity contribution in [1.29, 1.82) is 5.26 Å². The molecule has 3 rings (SSSR count). The van der Waals surface area contributed by atoms with Crippen molar-refractivity contribution in [2.24, 2.45) is 5.10 Å². The lowest BCUT2D eigenvalue weighted by molar-refractivity contribution is -0.384. The summed E-state index contributed by atoms with van der Waals surface area (Å²) in [5.41, 5.74) is 3.47. The van der Waals surface area contributed by atoms with Crippen molar-refractivity contribution in [2.75, 3.05) is 0 Å². The Labute approximate surface area is 204 Å². The number of nitro groups is 1. The van der Waals surface area contributed by atoms with E-state index in [4.69, 9.17) is 10.00 Å². The summed E-state index contributed by atoms with van der Waals surface area (Å²) in [7, 11) is 0. The Kier molecular flexibility index (Phi) is 7.87. The Balaban J connectivity index is 1.64. The lowest BCUT2D eigenvalue weighted by atomic mass is 10.1. The fourth-order valence-corrected chi connectivity index (χ4v) is 4.11. The number of nitro benzene ring substituents is 1. The highest BCUT2D eigenvalue weighted by molar-refractivity contribution is 9.11. The third-order valence-electron chi connectivity index (χ3n) is 4.27. The molecule has 0 saturated heterocycles. The molecular formula is C22H13Br2FN4O4. The van der Waals surface area contributed by atoms with Gasteiger partial charge in [0.05, 0.1) is 37.3 Å². The van der Waals surface area contributed by atoms with Crippen molar-refractivity contribution in [3.05, 3.63) is 102 Å². The number of hydrogen-bond acceptors (Lipinski definition) is 6. The van der Waals surface area contributed by atoms with E-state index in [1.165, 1.54) is 30.5 Å². The molecule has 33 heavy (non-hydrogen) atoms. The fourth-order valence-electron chi connectivity index (χ4n) is 2.66. The maximum absolute atomic E-state index is 13.9. The number of nitriles is 1. The zero-order valence-corrected chi connectivity index (χ0v) is 19.8. The standard InChI is InChI=1S/C22H13Br2FN4O4/c23-18-7-15(11-27-28-22(30)17-6-3-14(10-26)9-20(17)25)8-19(24)21(18)33-12-13-1-4-16(5-2-13)29(31)32/h1-9,11H,12H2,(H,28,30)/b27-11-. The first-order chi connectivity index (χ1) is 15.8. The van der Waals surface area contributed by atoms with Crippen LogP contribution in [0.4, 0.5) is 10.1 Å². The average Bonchev–Trinajstić information content (AvgIpc) is 2.78. The van der Waals surface area contributed by atoms with E-state index in [-0.39, 0.29) is 23.4 Å². The Bertz CT molecular complexity index is 1270. The molecule has 0 saturated carbocycles. The van der Waals surface area contributed by atoms with Crippen molar-refractivity contribution in [1.82, 2.24) is 5.43 Å². The molecule has 0 aliphatic heterocycles. The molecule has 1 amide bonds. The van der Waals surface area contributed by atoms with Gasteiger partial charge in [-0.05, 0) is 85.5 Å². The second-order valence-corrected chi connectivity index (χ2v) is 8.24. The predicted molar refractivity (Wildman–Crippen MR) is 125 cm³/mol. The molecule has 0 aliphatic rings. The molecule has 0 bridgehead atoms. The number of rotatable bonds is 7. The maximum Gasteiger partial charge on any atom is 0.274 e. The third kappa shape index (κ3) is 6.21. The second-order valence-electron chi connectivity index (χ2n) is 6.53. The Morgan fingerprint density at radius 3 is 2.42 bits per heavy atom. The number of hydrazone groups is 1. The van der Waals surface area contributed by atoms with Gasteiger partial charge in [-0.2, -0.15) is 10.4 Å². The first kappa shape index (κ1) is 24.0. The number of nitrogens with one attached hydrogen (secondary N) is 1. The SMILES string of the molecule is N#Cc1ccc(C(=O)N/N=C\c2cc(Br)c(OCc3ccc([N+](=O)[O-])cc3)c(Br)c2)c(F)c1. The molecule has 0 spiro atoms. The van der Waals surface area contributed by atoms with Gasteiger partial charge in [-0.25, -0.2) is 9.82 Å². The zero-order valence-electron chi connectivity index (χ0n) is 16.6. The Hall–Kier alpha value is -3.62. The quantitative estimate of drug-likeness (QED) is 0.227. The van der Waals surface area contributed by atoms with Gasteiger partial charge in [-0.3, -0.25) is 14.9 Å². The van der Waals surface area contributed by atoms with Gasteiger partial charge < -0.3 is 4.74 Å². The Morgan fingerprint density at radius 1 is 1.18 bits per heavy atom. The molecule has 1 N–H and O–H groups in total. The number of non-ortho nitro benzene ring substituents is 1. The summed E-state index contributed by atoms with van der Waals surface area (Å²) in [6, 6.07) is 14.8. The maximum atomic E-state index is 13.9. The minimum absolute atomic E-state index is 0.00115. The van der Waals surface area contributed by atoms with Crippen LogP contribution in [0, 0.1) is 27.3 Å². The van der Waals surface area contributed by atoms with E-state index < -0.39 is 16.6 Å². The molecule has 0 atom stereocenters. The highest BCUT2D eigenvalue weighted by atomic mass is 79.9. The van der Waals surface area contributed by atoms with Gasteiger partial charge in [0.25, 0.3) is 11.6 Å². The number of amides is 1. The summed E-state index contributed by atoms with van der Waals surface area (Å²) < 4.78 is 20.9. The lowest BCUT2D eigenvalue weighted by Gasteiger charge is -2.11. The summed E-state index contributed by atoms with van der Waals surface area (Å²) in [6.07, 6.45) is 1.37. The molecule has 8 nitrogen and oxygen atoms in total. The number of ether oxygens (including phenoxy) is 1. The van der Waals surface area contributed by atoms with Crippen LogP contribution in [-0.2, 0) is 6.61 Å². The van der Waals surface area contributed by atoms with Gasteiger partial charge in [0.15, 0.2) is 0 Å². The number of hydrogen-bond donors (Lipinski definition) is 1. The minimum Gasteiger partial charge on any atom is -0.487 e. The molecule has 0 aliphatic carbocycles. The predicted octanol–water partition coefficient (Wildman–Crippen LogP) is 5.47. The number of halogens is 3. The molecule has 3 aromatic rings. The van der Waals surface area contributed by atoms with E-state index in [2.05, 4.69) is 42.4 Å². The van der Waals surface area contributed by atoms with Crippen LogP contribution in [0.25, 0.3) is 0 Å². The molecule has 0 fully saturated rings. The van der Waals surface area contributed by atoms with E-state index in [1.54, 1.807) is 30.3 Å². The molecule has 0 radical (unpaired) electrons. The van der Waals surface area contributed by atoms with Crippen LogP contribution in [0.5, 0.6) is 5.75 Å². The highest BCUT2D eigenvalue weighted by Crippen LogP contribution is 2.35. The minimum atomic E-state index is -0.818.